The fraction of sp³-hybridized carbons (Fsp3) is 0.235. The number of fused-ring (bicyclic) bond motifs is 1. The molecular formula is C17H18N2S. The van der Waals surface area contributed by atoms with Crippen molar-refractivity contribution in [1.82, 2.24) is 4.98 Å². The van der Waals surface area contributed by atoms with Crippen molar-refractivity contribution in [1.29, 1.82) is 0 Å². The molecule has 2 nitrogen and oxygen atoms in total. The fourth-order valence-electron chi connectivity index (χ4n) is 2.33. The van der Waals surface area contributed by atoms with Gasteiger partial charge >= 0.3 is 0 Å². The predicted molar refractivity (Wildman–Crippen MR) is 86.2 cm³/mol. The molecule has 102 valence electrons. The van der Waals surface area contributed by atoms with Crippen LogP contribution in [0.4, 0.5) is 0 Å². The van der Waals surface area contributed by atoms with Crippen LogP contribution in [0.15, 0.2) is 48.5 Å². The second kappa shape index (κ2) is 5.73. The van der Waals surface area contributed by atoms with E-state index in [9.17, 15) is 0 Å². The molecule has 3 heteroatoms. The lowest BCUT2D eigenvalue weighted by atomic mass is 10.0. The van der Waals surface area contributed by atoms with Crippen LogP contribution >= 0.6 is 11.3 Å². The van der Waals surface area contributed by atoms with Crippen molar-refractivity contribution in [3.05, 3.63) is 64.7 Å². The second-order valence-electron chi connectivity index (χ2n) is 5.23. The Kier molecular flexibility index (Phi) is 3.81. The summed E-state index contributed by atoms with van der Waals surface area (Å²) in [4.78, 5) is 4.65. The molecule has 0 radical (unpaired) electrons. The molecule has 1 aromatic heterocycles. The molecule has 1 unspecified atom stereocenters. The van der Waals surface area contributed by atoms with Crippen LogP contribution in [0, 0.1) is 6.92 Å². The lowest BCUT2D eigenvalue weighted by molar-refractivity contribution is 0.663. The maximum absolute atomic E-state index is 6.26. The summed E-state index contributed by atoms with van der Waals surface area (Å²) in [6.45, 7) is 2.10. The quantitative estimate of drug-likeness (QED) is 0.792. The summed E-state index contributed by atoms with van der Waals surface area (Å²) in [5.41, 5.74) is 9.92. The average Bonchev–Trinajstić information content (AvgIpc) is 2.83. The van der Waals surface area contributed by atoms with Crippen molar-refractivity contribution in [2.24, 2.45) is 5.73 Å². The third kappa shape index (κ3) is 3.06. The molecular weight excluding hydrogens is 264 g/mol. The molecule has 0 fully saturated rings. The van der Waals surface area contributed by atoms with E-state index in [-0.39, 0.29) is 6.04 Å². The summed E-state index contributed by atoms with van der Waals surface area (Å²) in [6, 6.07) is 17.0. The molecule has 0 aliphatic carbocycles. The Morgan fingerprint density at radius 3 is 2.55 bits per heavy atom. The van der Waals surface area contributed by atoms with E-state index in [4.69, 9.17) is 5.73 Å². The summed E-state index contributed by atoms with van der Waals surface area (Å²) in [7, 11) is 0. The number of aryl methyl sites for hydroxylation is 1. The van der Waals surface area contributed by atoms with Gasteiger partial charge in [-0.3, -0.25) is 0 Å². The Labute approximate surface area is 123 Å². The van der Waals surface area contributed by atoms with Crippen LogP contribution in [0.1, 0.15) is 16.1 Å². The van der Waals surface area contributed by atoms with Crippen molar-refractivity contribution < 1.29 is 0 Å². The minimum Gasteiger partial charge on any atom is -0.327 e. The monoisotopic (exact) mass is 282 g/mol. The number of rotatable bonds is 4. The molecule has 2 aromatic carbocycles. The Balaban J connectivity index is 1.69. The van der Waals surface area contributed by atoms with E-state index in [0.29, 0.717) is 0 Å². The Morgan fingerprint density at radius 1 is 1.05 bits per heavy atom. The van der Waals surface area contributed by atoms with Crippen molar-refractivity contribution in [3.8, 4) is 0 Å². The number of thiazole rings is 1. The zero-order valence-electron chi connectivity index (χ0n) is 11.5. The van der Waals surface area contributed by atoms with Gasteiger partial charge in [0.25, 0.3) is 0 Å². The summed E-state index contributed by atoms with van der Waals surface area (Å²) >= 11 is 1.75. The first-order valence-corrected chi connectivity index (χ1v) is 7.68. The third-order valence-corrected chi connectivity index (χ3v) is 4.45. The first-order chi connectivity index (χ1) is 9.70. The molecule has 1 heterocycles. The van der Waals surface area contributed by atoms with Crippen LogP contribution < -0.4 is 5.73 Å². The van der Waals surface area contributed by atoms with Crippen molar-refractivity contribution in [3.63, 3.8) is 0 Å². The Morgan fingerprint density at radius 2 is 1.80 bits per heavy atom. The van der Waals surface area contributed by atoms with Crippen LogP contribution in [-0.4, -0.2) is 11.0 Å². The number of aromatic nitrogens is 1. The zero-order chi connectivity index (χ0) is 13.9. The lowest BCUT2D eigenvalue weighted by Crippen LogP contribution is -2.25. The lowest BCUT2D eigenvalue weighted by Gasteiger charge is -2.09. The second-order valence-corrected chi connectivity index (χ2v) is 6.34. The minimum atomic E-state index is 0.123. The van der Waals surface area contributed by atoms with Crippen LogP contribution in [0.25, 0.3) is 10.2 Å². The smallest absolute Gasteiger partial charge is 0.0954 e. The first-order valence-electron chi connectivity index (χ1n) is 6.86. The van der Waals surface area contributed by atoms with Gasteiger partial charge in [0.15, 0.2) is 0 Å². The van der Waals surface area contributed by atoms with E-state index in [2.05, 4.69) is 54.4 Å². The molecule has 3 aromatic rings. The van der Waals surface area contributed by atoms with Gasteiger partial charge in [0, 0.05) is 12.5 Å². The minimum absolute atomic E-state index is 0.123. The number of para-hydroxylation sites is 1. The highest BCUT2D eigenvalue weighted by Gasteiger charge is 2.09. The molecule has 0 aliphatic rings. The molecule has 3 rings (SSSR count). The third-order valence-electron chi connectivity index (χ3n) is 3.39. The van der Waals surface area contributed by atoms with Crippen LogP contribution in [-0.2, 0) is 12.8 Å². The van der Waals surface area contributed by atoms with Gasteiger partial charge in [0.2, 0.25) is 0 Å². The van der Waals surface area contributed by atoms with Crippen LogP contribution in [0.5, 0.6) is 0 Å². The Bertz CT molecular complexity index is 667. The van der Waals surface area contributed by atoms with E-state index in [1.807, 2.05) is 6.07 Å². The number of hydrogen-bond donors (Lipinski definition) is 1. The molecule has 0 bridgehead atoms. The fourth-order valence-corrected chi connectivity index (χ4v) is 3.39. The highest BCUT2D eigenvalue weighted by atomic mass is 32.1. The normalized spacial score (nSPS) is 12.7. The zero-order valence-corrected chi connectivity index (χ0v) is 12.4. The maximum Gasteiger partial charge on any atom is 0.0954 e. The topological polar surface area (TPSA) is 38.9 Å². The Hall–Kier alpha value is -1.71. The molecule has 0 saturated carbocycles. The molecule has 2 N–H and O–H groups in total. The average molecular weight is 282 g/mol. The molecule has 0 aliphatic heterocycles. The molecule has 0 amide bonds. The number of nitrogens with zero attached hydrogens (tertiary/aromatic N) is 1. The standard InChI is InChI=1S/C17H18N2S/c1-12-6-8-13(9-7-12)10-14(18)11-17-19-15-4-2-3-5-16(15)20-17/h2-9,14H,10-11,18H2,1H3. The van der Waals surface area contributed by atoms with E-state index >= 15 is 0 Å². The molecule has 20 heavy (non-hydrogen) atoms. The van der Waals surface area contributed by atoms with Crippen molar-refractivity contribution >= 4 is 21.6 Å². The predicted octanol–water partition coefficient (Wildman–Crippen LogP) is 3.72. The van der Waals surface area contributed by atoms with E-state index < -0.39 is 0 Å². The summed E-state index contributed by atoms with van der Waals surface area (Å²) in [6.07, 6.45) is 1.74. The van der Waals surface area contributed by atoms with Gasteiger partial charge in [-0.05, 0) is 31.0 Å². The van der Waals surface area contributed by atoms with Gasteiger partial charge in [0.05, 0.1) is 15.2 Å². The SMILES string of the molecule is Cc1ccc(CC(N)Cc2nc3ccccc3s2)cc1. The number of nitrogens with two attached hydrogens (primary N) is 1. The van der Waals surface area contributed by atoms with E-state index in [1.54, 1.807) is 11.3 Å². The molecule has 0 saturated heterocycles. The highest BCUT2D eigenvalue weighted by Crippen LogP contribution is 2.22. The van der Waals surface area contributed by atoms with Gasteiger partial charge in [0.1, 0.15) is 0 Å². The summed E-state index contributed by atoms with van der Waals surface area (Å²) in [5, 5.41) is 1.13. The largest absolute Gasteiger partial charge is 0.327 e. The molecule has 1 atom stereocenters. The maximum atomic E-state index is 6.26. The highest BCUT2D eigenvalue weighted by molar-refractivity contribution is 7.18. The van der Waals surface area contributed by atoms with Gasteiger partial charge in [-0.1, -0.05) is 42.0 Å². The summed E-state index contributed by atoms with van der Waals surface area (Å²) in [5.74, 6) is 0. The number of benzene rings is 2. The van der Waals surface area contributed by atoms with Crippen LogP contribution in [0.2, 0.25) is 0 Å². The number of hydrogen-bond acceptors (Lipinski definition) is 3. The van der Waals surface area contributed by atoms with E-state index in [1.165, 1.54) is 15.8 Å². The van der Waals surface area contributed by atoms with Gasteiger partial charge in [-0.25, -0.2) is 4.98 Å². The van der Waals surface area contributed by atoms with Gasteiger partial charge < -0.3 is 5.73 Å². The molecule has 0 spiro atoms. The van der Waals surface area contributed by atoms with Gasteiger partial charge in [-0.2, -0.15) is 0 Å². The summed E-state index contributed by atoms with van der Waals surface area (Å²) < 4.78 is 1.24. The van der Waals surface area contributed by atoms with Gasteiger partial charge in [-0.15, -0.1) is 11.3 Å². The first kappa shape index (κ1) is 13.3. The van der Waals surface area contributed by atoms with Crippen LogP contribution in [0.3, 0.4) is 0 Å². The van der Waals surface area contributed by atoms with Crippen molar-refractivity contribution in [2.75, 3.05) is 0 Å². The van der Waals surface area contributed by atoms with E-state index in [0.717, 1.165) is 23.4 Å². The van der Waals surface area contributed by atoms with Crippen molar-refractivity contribution in [2.45, 2.75) is 25.8 Å².